The van der Waals surface area contributed by atoms with Crippen LogP contribution in [-0.4, -0.2) is 17.6 Å². The van der Waals surface area contributed by atoms with Crippen LogP contribution in [-0.2, 0) is 4.79 Å². The van der Waals surface area contributed by atoms with Gasteiger partial charge < -0.3 is 14.6 Å². The molecule has 26 heavy (non-hydrogen) atoms. The third kappa shape index (κ3) is 4.09. The second-order valence-electron chi connectivity index (χ2n) is 6.08. The number of benzene rings is 2. The molecule has 2 aromatic carbocycles. The van der Waals surface area contributed by atoms with Crippen molar-refractivity contribution in [3.63, 3.8) is 0 Å². The van der Waals surface area contributed by atoms with Crippen LogP contribution in [0.25, 0.3) is 0 Å². The summed E-state index contributed by atoms with van der Waals surface area (Å²) in [4.78, 5) is 12.7. The van der Waals surface area contributed by atoms with Crippen LogP contribution in [0.1, 0.15) is 23.6 Å². The van der Waals surface area contributed by atoms with Gasteiger partial charge in [-0.2, -0.15) is 0 Å². The quantitative estimate of drug-likeness (QED) is 0.659. The molecule has 1 heterocycles. The molecule has 0 aliphatic heterocycles. The Bertz CT molecular complexity index is 874. The lowest BCUT2D eigenvalue weighted by atomic mass is 10.0. The molecule has 4 nitrogen and oxygen atoms in total. The van der Waals surface area contributed by atoms with Crippen molar-refractivity contribution < 1.29 is 9.53 Å². The number of carbonyl (C=O) groups excluding carboxylic acids is 1. The number of hydrogen-bond donors (Lipinski definition) is 1. The molecule has 5 heteroatoms. The highest BCUT2D eigenvalue weighted by atomic mass is 35.5. The largest absolute Gasteiger partial charge is 0.497 e. The third-order valence-corrected chi connectivity index (χ3v) is 4.82. The van der Waals surface area contributed by atoms with Crippen molar-refractivity contribution >= 4 is 23.2 Å². The SMILES string of the molecule is COc1ccc([C@@H](CC(=O)Nc2cccc(Cl)c2C)n2cccc2)cc1. The average molecular weight is 369 g/mol. The number of amides is 1. The molecule has 0 fully saturated rings. The van der Waals surface area contributed by atoms with Gasteiger partial charge in [0, 0.05) is 23.1 Å². The molecule has 0 saturated carbocycles. The molecule has 3 rings (SSSR count). The number of hydrogen-bond acceptors (Lipinski definition) is 2. The zero-order valence-electron chi connectivity index (χ0n) is 14.8. The summed E-state index contributed by atoms with van der Waals surface area (Å²) in [5.74, 6) is 0.726. The zero-order chi connectivity index (χ0) is 18.5. The molecular formula is C21H21ClN2O2. The Kier molecular flexibility index (Phi) is 5.64. The summed E-state index contributed by atoms with van der Waals surface area (Å²) in [5, 5.41) is 3.61. The fourth-order valence-corrected chi connectivity index (χ4v) is 3.07. The molecule has 134 valence electrons. The molecule has 0 radical (unpaired) electrons. The van der Waals surface area contributed by atoms with Gasteiger partial charge >= 0.3 is 0 Å². The van der Waals surface area contributed by atoms with E-state index in [0.29, 0.717) is 11.4 Å². The average Bonchev–Trinajstić information content (AvgIpc) is 3.18. The van der Waals surface area contributed by atoms with E-state index in [1.807, 2.05) is 78.5 Å². The first-order valence-electron chi connectivity index (χ1n) is 8.40. The Morgan fingerprint density at radius 3 is 2.46 bits per heavy atom. The van der Waals surface area contributed by atoms with E-state index in [0.717, 1.165) is 22.6 Å². The molecule has 0 unspecified atom stereocenters. The minimum atomic E-state index is -0.101. The van der Waals surface area contributed by atoms with Crippen molar-refractivity contribution in [3.8, 4) is 5.75 Å². The van der Waals surface area contributed by atoms with Gasteiger partial charge in [-0.3, -0.25) is 4.79 Å². The van der Waals surface area contributed by atoms with Gasteiger partial charge in [0.25, 0.3) is 0 Å². The number of anilines is 1. The van der Waals surface area contributed by atoms with Crippen molar-refractivity contribution in [2.75, 3.05) is 12.4 Å². The summed E-state index contributed by atoms with van der Waals surface area (Å²) < 4.78 is 7.26. The van der Waals surface area contributed by atoms with Gasteiger partial charge in [-0.05, 0) is 54.4 Å². The Hall–Kier alpha value is -2.72. The highest BCUT2D eigenvalue weighted by molar-refractivity contribution is 6.31. The minimum Gasteiger partial charge on any atom is -0.497 e. The molecule has 0 bridgehead atoms. The lowest BCUT2D eigenvalue weighted by Gasteiger charge is -2.20. The Labute approximate surface area is 158 Å². The van der Waals surface area contributed by atoms with Gasteiger partial charge in [0.1, 0.15) is 5.75 Å². The summed E-state index contributed by atoms with van der Waals surface area (Å²) in [6, 6.07) is 17.1. The number of carbonyl (C=O) groups is 1. The summed E-state index contributed by atoms with van der Waals surface area (Å²) >= 11 is 6.14. The number of aromatic nitrogens is 1. The van der Waals surface area contributed by atoms with Crippen molar-refractivity contribution in [2.45, 2.75) is 19.4 Å². The van der Waals surface area contributed by atoms with Gasteiger partial charge in [-0.15, -0.1) is 0 Å². The van der Waals surface area contributed by atoms with Gasteiger partial charge in [0.05, 0.1) is 19.6 Å². The van der Waals surface area contributed by atoms with Crippen LogP contribution in [0, 0.1) is 6.92 Å². The van der Waals surface area contributed by atoms with Crippen LogP contribution in [0.3, 0.4) is 0 Å². The maximum Gasteiger partial charge on any atom is 0.226 e. The normalized spacial score (nSPS) is 11.8. The summed E-state index contributed by atoms with van der Waals surface area (Å²) in [6.07, 6.45) is 4.24. The Morgan fingerprint density at radius 1 is 1.12 bits per heavy atom. The number of halogens is 1. The van der Waals surface area contributed by atoms with E-state index in [4.69, 9.17) is 16.3 Å². The summed E-state index contributed by atoms with van der Waals surface area (Å²) in [5.41, 5.74) is 2.65. The van der Waals surface area contributed by atoms with E-state index in [1.165, 1.54) is 0 Å². The Balaban J connectivity index is 1.81. The summed E-state index contributed by atoms with van der Waals surface area (Å²) in [6.45, 7) is 1.89. The first-order chi connectivity index (χ1) is 12.6. The first-order valence-corrected chi connectivity index (χ1v) is 8.77. The van der Waals surface area contributed by atoms with E-state index in [9.17, 15) is 4.79 Å². The van der Waals surface area contributed by atoms with Crippen LogP contribution in [0.5, 0.6) is 5.75 Å². The molecule has 1 amide bonds. The Morgan fingerprint density at radius 2 is 1.81 bits per heavy atom. The standard InChI is InChI=1S/C21H21ClN2O2/c1-15-18(22)6-5-7-19(15)23-21(25)14-20(24-12-3-4-13-24)16-8-10-17(26-2)11-9-16/h3-13,20H,14H2,1-2H3,(H,23,25)/t20-/m1/s1. The molecule has 0 spiro atoms. The van der Waals surface area contributed by atoms with E-state index in [2.05, 4.69) is 5.32 Å². The van der Waals surface area contributed by atoms with Gasteiger partial charge in [-0.1, -0.05) is 29.8 Å². The zero-order valence-corrected chi connectivity index (χ0v) is 15.5. The van der Waals surface area contributed by atoms with Crippen molar-refractivity contribution in [3.05, 3.63) is 83.1 Å². The van der Waals surface area contributed by atoms with Crippen molar-refractivity contribution in [2.24, 2.45) is 0 Å². The second-order valence-corrected chi connectivity index (χ2v) is 6.49. The number of nitrogens with zero attached hydrogens (tertiary/aromatic N) is 1. The number of rotatable bonds is 6. The summed E-state index contributed by atoms with van der Waals surface area (Å²) in [7, 11) is 1.64. The molecule has 1 aromatic heterocycles. The topological polar surface area (TPSA) is 43.3 Å². The molecule has 0 saturated heterocycles. The molecule has 3 aromatic rings. The maximum atomic E-state index is 12.7. The van der Waals surface area contributed by atoms with Crippen LogP contribution in [0.4, 0.5) is 5.69 Å². The molecule has 1 N–H and O–H groups in total. The van der Waals surface area contributed by atoms with Crippen molar-refractivity contribution in [1.29, 1.82) is 0 Å². The molecule has 1 atom stereocenters. The molecule has 0 aliphatic rings. The van der Waals surface area contributed by atoms with Crippen molar-refractivity contribution in [1.82, 2.24) is 4.57 Å². The number of methoxy groups -OCH3 is 1. The predicted molar refractivity (Wildman–Crippen MR) is 105 cm³/mol. The number of ether oxygens (including phenoxy) is 1. The minimum absolute atomic E-state index is 0.0649. The van der Waals surface area contributed by atoms with E-state index < -0.39 is 0 Å². The second kappa shape index (κ2) is 8.11. The van der Waals surface area contributed by atoms with Crippen LogP contribution >= 0.6 is 11.6 Å². The van der Waals surface area contributed by atoms with E-state index in [-0.39, 0.29) is 11.9 Å². The maximum absolute atomic E-state index is 12.7. The highest BCUT2D eigenvalue weighted by Crippen LogP contribution is 2.27. The van der Waals surface area contributed by atoms with Gasteiger partial charge in [0.15, 0.2) is 0 Å². The predicted octanol–water partition coefficient (Wildman–Crippen LogP) is 5.08. The van der Waals surface area contributed by atoms with Gasteiger partial charge in [-0.25, -0.2) is 0 Å². The third-order valence-electron chi connectivity index (χ3n) is 4.41. The highest BCUT2D eigenvalue weighted by Gasteiger charge is 2.18. The van der Waals surface area contributed by atoms with Crippen LogP contribution in [0.2, 0.25) is 5.02 Å². The first kappa shape index (κ1) is 18.1. The smallest absolute Gasteiger partial charge is 0.226 e. The molecule has 0 aliphatic carbocycles. The fourth-order valence-electron chi connectivity index (χ4n) is 2.90. The lowest BCUT2D eigenvalue weighted by Crippen LogP contribution is -2.20. The van der Waals surface area contributed by atoms with E-state index in [1.54, 1.807) is 7.11 Å². The fraction of sp³-hybridized carbons (Fsp3) is 0.190. The van der Waals surface area contributed by atoms with Gasteiger partial charge in [0.2, 0.25) is 5.91 Å². The van der Waals surface area contributed by atoms with Crippen LogP contribution < -0.4 is 10.1 Å². The monoisotopic (exact) mass is 368 g/mol. The lowest BCUT2D eigenvalue weighted by molar-refractivity contribution is -0.116. The molecular weight excluding hydrogens is 348 g/mol. The number of nitrogens with one attached hydrogen (secondary N) is 1. The van der Waals surface area contributed by atoms with E-state index >= 15 is 0 Å². The van der Waals surface area contributed by atoms with Crippen LogP contribution in [0.15, 0.2) is 67.0 Å².